The van der Waals surface area contributed by atoms with E-state index in [4.69, 9.17) is 9.47 Å². The van der Waals surface area contributed by atoms with Gasteiger partial charge in [0.05, 0.1) is 12.4 Å². The van der Waals surface area contributed by atoms with E-state index in [1.165, 1.54) is 12.4 Å². The van der Waals surface area contributed by atoms with E-state index in [9.17, 15) is 9.59 Å². The van der Waals surface area contributed by atoms with Crippen LogP contribution in [-0.4, -0.2) is 37.5 Å². The fourth-order valence-corrected chi connectivity index (χ4v) is 2.66. The van der Waals surface area contributed by atoms with Crippen LogP contribution in [0.2, 0.25) is 0 Å². The van der Waals surface area contributed by atoms with Crippen molar-refractivity contribution < 1.29 is 19.1 Å². The number of benzene rings is 3. The van der Waals surface area contributed by atoms with E-state index in [1.54, 1.807) is 24.3 Å². The van der Waals surface area contributed by atoms with Crippen molar-refractivity contribution >= 4 is 24.2 Å². The lowest BCUT2D eigenvalue weighted by Gasteiger charge is -2.05. The van der Waals surface area contributed by atoms with Gasteiger partial charge in [-0.05, 0) is 49.2 Å². The minimum Gasteiger partial charge on any atom is -0.484 e. The maximum absolute atomic E-state index is 11.8. The third kappa shape index (κ3) is 8.58. The van der Waals surface area contributed by atoms with Crippen molar-refractivity contribution in [3.05, 3.63) is 95.1 Å². The molecule has 3 aromatic carbocycles. The first-order valence-corrected chi connectivity index (χ1v) is 10.6. The number of aryl methyl sites for hydroxylation is 2. The highest BCUT2D eigenvalue weighted by Gasteiger charge is 2.02. The molecule has 34 heavy (non-hydrogen) atoms. The molecular weight excluding hydrogens is 432 g/mol. The Morgan fingerprint density at radius 2 is 1.00 bits per heavy atom. The largest absolute Gasteiger partial charge is 0.484 e. The molecule has 0 radical (unpaired) electrons. The van der Waals surface area contributed by atoms with Crippen LogP contribution < -0.4 is 20.3 Å². The molecule has 2 N–H and O–H groups in total. The average Bonchev–Trinajstić information content (AvgIpc) is 2.84. The van der Waals surface area contributed by atoms with E-state index in [-0.39, 0.29) is 25.0 Å². The van der Waals surface area contributed by atoms with Crippen LogP contribution in [0.15, 0.2) is 83.0 Å². The molecule has 0 aliphatic carbocycles. The number of hydrogen-bond acceptors (Lipinski definition) is 6. The summed E-state index contributed by atoms with van der Waals surface area (Å²) in [7, 11) is 0. The zero-order chi connectivity index (χ0) is 24.2. The fraction of sp³-hybridized carbons (Fsp3) is 0.154. The molecule has 0 saturated carbocycles. The smallest absolute Gasteiger partial charge is 0.277 e. The van der Waals surface area contributed by atoms with Crippen LogP contribution in [0.5, 0.6) is 11.5 Å². The second-order valence-corrected chi connectivity index (χ2v) is 7.46. The maximum Gasteiger partial charge on any atom is 0.277 e. The molecule has 0 unspecified atom stereocenters. The van der Waals surface area contributed by atoms with Crippen molar-refractivity contribution in [2.24, 2.45) is 10.2 Å². The van der Waals surface area contributed by atoms with Gasteiger partial charge < -0.3 is 9.47 Å². The lowest BCUT2D eigenvalue weighted by atomic mass is 10.2. The van der Waals surface area contributed by atoms with Crippen LogP contribution in [0.4, 0.5) is 0 Å². The van der Waals surface area contributed by atoms with E-state index >= 15 is 0 Å². The summed E-state index contributed by atoms with van der Waals surface area (Å²) < 4.78 is 10.8. The third-order valence-corrected chi connectivity index (χ3v) is 4.52. The molecule has 0 aliphatic heterocycles. The molecule has 0 aromatic heterocycles. The molecule has 0 atom stereocenters. The van der Waals surface area contributed by atoms with Crippen LogP contribution in [0.3, 0.4) is 0 Å². The van der Waals surface area contributed by atoms with E-state index in [0.717, 1.165) is 22.3 Å². The molecule has 0 fully saturated rings. The van der Waals surface area contributed by atoms with Gasteiger partial charge in [0, 0.05) is 0 Å². The molecule has 0 spiro atoms. The molecule has 174 valence electrons. The minimum atomic E-state index is -0.359. The number of hydrogen-bond donors (Lipinski definition) is 2. The van der Waals surface area contributed by atoms with Crippen LogP contribution >= 0.6 is 0 Å². The Kier molecular flexibility index (Phi) is 8.92. The number of nitrogens with one attached hydrogen (secondary N) is 2. The van der Waals surface area contributed by atoms with Crippen molar-refractivity contribution in [3.8, 4) is 11.5 Å². The lowest BCUT2D eigenvalue weighted by molar-refractivity contribution is -0.123. The number of ether oxygens (including phenoxy) is 2. The molecule has 3 aromatic rings. The topological polar surface area (TPSA) is 101 Å². The monoisotopic (exact) mass is 458 g/mol. The summed E-state index contributed by atoms with van der Waals surface area (Å²) in [5.74, 6) is 0.527. The summed E-state index contributed by atoms with van der Waals surface area (Å²) >= 11 is 0. The number of rotatable bonds is 10. The predicted molar refractivity (Wildman–Crippen MR) is 131 cm³/mol. The van der Waals surface area contributed by atoms with Crippen LogP contribution in [0, 0.1) is 13.8 Å². The Morgan fingerprint density at radius 1 is 0.647 bits per heavy atom. The van der Waals surface area contributed by atoms with Gasteiger partial charge in [0.15, 0.2) is 13.2 Å². The molecule has 2 amide bonds. The second-order valence-electron chi connectivity index (χ2n) is 7.46. The van der Waals surface area contributed by atoms with Gasteiger partial charge in [-0.3, -0.25) is 9.59 Å². The first kappa shape index (κ1) is 24.2. The molecule has 8 heteroatoms. The fourth-order valence-electron chi connectivity index (χ4n) is 2.66. The molecule has 0 bridgehead atoms. The third-order valence-electron chi connectivity index (χ3n) is 4.52. The van der Waals surface area contributed by atoms with Crippen molar-refractivity contribution in [1.82, 2.24) is 10.9 Å². The van der Waals surface area contributed by atoms with E-state index in [0.29, 0.717) is 11.5 Å². The Hall–Kier alpha value is -4.46. The second kappa shape index (κ2) is 12.5. The van der Waals surface area contributed by atoms with Crippen LogP contribution in [-0.2, 0) is 9.59 Å². The van der Waals surface area contributed by atoms with Gasteiger partial charge in [-0.15, -0.1) is 0 Å². The van der Waals surface area contributed by atoms with Crippen LogP contribution in [0.25, 0.3) is 0 Å². The number of carbonyl (C=O) groups excluding carboxylic acids is 2. The Balaban J connectivity index is 1.36. The number of nitrogens with zero attached hydrogens (tertiary/aromatic N) is 2. The summed E-state index contributed by atoms with van der Waals surface area (Å²) in [6, 6.07) is 22.1. The van der Waals surface area contributed by atoms with Crippen molar-refractivity contribution in [2.75, 3.05) is 13.2 Å². The van der Waals surface area contributed by atoms with Gasteiger partial charge >= 0.3 is 0 Å². The van der Waals surface area contributed by atoms with Crippen molar-refractivity contribution in [2.45, 2.75) is 13.8 Å². The van der Waals surface area contributed by atoms with E-state index in [1.807, 2.05) is 62.4 Å². The van der Waals surface area contributed by atoms with Gasteiger partial charge in [-0.2, -0.15) is 10.2 Å². The highest BCUT2D eigenvalue weighted by Crippen LogP contribution is 2.11. The van der Waals surface area contributed by atoms with Crippen LogP contribution in [0.1, 0.15) is 22.3 Å². The summed E-state index contributed by atoms with van der Waals surface area (Å²) in [6.07, 6.45) is 3.05. The van der Waals surface area contributed by atoms with Gasteiger partial charge in [0.25, 0.3) is 11.8 Å². The maximum atomic E-state index is 11.8. The standard InChI is InChI=1S/C26H26N4O4/c1-19-3-11-23(12-4-19)33-17-25(31)29-27-15-21-7-9-22(10-8-21)16-28-30-26(32)18-34-24-13-5-20(2)6-14-24/h3-16H,17-18H2,1-2H3,(H,29,31)(H,30,32). The highest BCUT2D eigenvalue weighted by atomic mass is 16.5. The summed E-state index contributed by atoms with van der Waals surface area (Å²) in [4.78, 5) is 23.7. The molecule has 0 saturated heterocycles. The average molecular weight is 459 g/mol. The lowest BCUT2D eigenvalue weighted by Crippen LogP contribution is -2.24. The van der Waals surface area contributed by atoms with Gasteiger partial charge in [0.1, 0.15) is 11.5 Å². The SMILES string of the molecule is Cc1ccc(OCC(=O)NN=Cc2ccc(C=NNC(=O)COc3ccc(C)cc3)cc2)cc1. The zero-order valence-corrected chi connectivity index (χ0v) is 19.0. The van der Waals surface area contributed by atoms with E-state index < -0.39 is 0 Å². The minimum absolute atomic E-state index is 0.127. The van der Waals surface area contributed by atoms with E-state index in [2.05, 4.69) is 21.1 Å². The van der Waals surface area contributed by atoms with Gasteiger partial charge in [-0.1, -0.05) is 59.7 Å². The summed E-state index contributed by atoms with van der Waals surface area (Å²) in [5.41, 5.74) is 8.65. The summed E-state index contributed by atoms with van der Waals surface area (Å²) in [6.45, 7) is 3.70. The molecule has 0 aliphatic rings. The Bertz CT molecular complexity index is 1050. The van der Waals surface area contributed by atoms with Gasteiger partial charge in [-0.25, -0.2) is 10.9 Å². The summed E-state index contributed by atoms with van der Waals surface area (Å²) in [5, 5.41) is 7.85. The number of hydrazone groups is 2. The quantitative estimate of drug-likeness (QED) is 0.359. The molecule has 3 rings (SSSR count). The molecular formula is C26H26N4O4. The zero-order valence-electron chi connectivity index (χ0n) is 19.0. The molecule has 0 heterocycles. The molecule has 8 nitrogen and oxygen atoms in total. The Labute approximate surface area is 198 Å². The van der Waals surface area contributed by atoms with Crippen molar-refractivity contribution in [3.63, 3.8) is 0 Å². The van der Waals surface area contributed by atoms with Crippen molar-refractivity contribution in [1.29, 1.82) is 0 Å². The Morgan fingerprint density at radius 3 is 1.35 bits per heavy atom. The normalized spacial score (nSPS) is 10.9. The first-order valence-electron chi connectivity index (χ1n) is 10.6. The first-order chi connectivity index (χ1) is 16.5. The number of carbonyl (C=O) groups is 2. The van der Waals surface area contributed by atoms with Gasteiger partial charge in [0.2, 0.25) is 0 Å². The highest BCUT2D eigenvalue weighted by molar-refractivity contribution is 5.86. The predicted octanol–water partition coefficient (Wildman–Crippen LogP) is 3.36. The number of amides is 2.